The lowest BCUT2D eigenvalue weighted by atomic mass is 10.1. The van der Waals surface area contributed by atoms with Crippen LogP contribution in [0.5, 0.6) is 0 Å². The molecule has 0 heterocycles. The molecule has 0 atom stereocenters. The fourth-order valence-corrected chi connectivity index (χ4v) is 0.904. The highest BCUT2D eigenvalue weighted by atomic mass is 16.4. The van der Waals surface area contributed by atoms with Crippen molar-refractivity contribution in [1.82, 2.24) is 0 Å². The largest absolute Gasteiger partial charge is 0.541 e. The third-order valence-corrected chi connectivity index (χ3v) is 1.47. The Morgan fingerprint density at radius 2 is 2.00 bits per heavy atom. The van der Waals surface area contributed by atoms with Gasteiger partial charge in [-0.25, -0.2) is 0 Å². The average molecular weight is 163 g/mol. The van der Waals surface area contributed by atoms with Gasteiger partial charge in [0.15, 0.2) is 0 Å². The van der Waals surface area contributed by atoms with Crippen molar-refractivity contribution in [3.05, 3.63) is 35.4 Å². The van der Waals surface area contributed by atoms with Crippen LogP contribution in [-0.2, 0) is 4.79 Å². The molecule has 0 radical (unpaired) electrons. The number of carboxylic acid groups (broad SMARTS) is 1. The van der Waals surface area contributed by atoms with E-state index in [0.29, 0.717) is 0 Å². The van der Waals surface area contributed by atoms with Crippen molar-refractivity contribution < 1.29 is 14.7 Å². The summed E-state index contributed by atoms with van der Waals surface area (Å²) in [6.45, 7) is 1.78. The van der Waals surface area contributed by atoms with Crippen molar-refractivity contribution >= 4 is 11.8 Å². The molecule has 1 rings (SSSR count). The van der Waals surface area contributed by atoms with E-state index in [9.17, 15) is 14.7 Å². The van der Waals surface area contributed by atoms with E-state index in [1.807, 2.05) is 0 Å². The molecular weight excluding hydrogens is 156 g/mol. The van der Waals surface area contributed by atoms with Gasteiger partial charge in [0.25, 0.3) is 0 Å². The molecule has 1 aromatic carbocycles. The van der Waals surface area contributed by atoms with Gasteiger partial charge in [-0.15, -0.1) is 0 Å². The summed E-state index contributed by atoms with van der Waals surface area (Å²) in [4.78, 5) is 21.0. The van der Waals surface area contributed by atoms with Crippen LogP contribution in [0.25, 0.3) is 0 Å². The Morgan fingerprint density at radius 1 is 1.33 bits per heavy atom. The number of benzene rings is 1. The van der Waals surface area contributed by atoms with Crippen LogP contribution in [0, 0.1) is 6.92 Å². The number of aryl methyl sites for hydroxylation is 1. The Kier molecular flexibility index (Phi) is 2.24. The van der Waals surface area contributed by atoms with Crippen molar-refractivity contribution in [2.24, 2.45) is 0 Å². The van der Waals surface area contributed by atoms with E-state index in [1.54, 1.807) is 19.1 Å². The first-order valence-corrected chi connectivity index (χ1v) is 3.43. The van der Waals surface area contributed by atoms with E-state index < -0.39 is 11.8 Å². The number of rotatable bonds is 2. The van der Waals surface area contributed by atoms with Gasteiger partial charge in [0.1, 0.15) is 5.97 Å². The summed E-state index contributed by atoms with van der Waals surface area (Å²) < 4.78 is 0. The summed E-state index contributed by atoms with van der Waals surface area (Å²) in [5.74, 6) is -2.64. The summed E-state index contributed by atoms with van der Waals surface area (Å²) in [6, 6.07) is 6.38. The predicted octanol–water partition coefficient (Wildman–Crippen LogP) is -0.0724. The molecule has 0 N–H and O–H groups in total. The molecule has 0 bridgehead atoms. The minimum atomic E-state index is -1.67. The van der Waals surface area contributed by atoms with Gasteiger partial charge in [-0.2, -0.15) is 0 Å². The van der Waals surface area contributed by atoms with E-state index in [0.717, 1.165) is 5.56 Å². The molecule has 3 nitrogen and oxygen atoms in total. The zero-order valence-electron chi connectivity index (χ0n) is 6.53. The molecule has 3 heteroatoms. The number of carboxylic acids is 1. The van der Waals surface area contributed by atoms with Gasteiger partial charge in [-0.1, -0.05) is 23.8 Å². The second-order valence-corrected chi connectivity index (χ2v) is 2.49. The molecule has 0 aliphatic rings. The maximum atomic E-state index is 10.8. The molecule has 1 aromatic rings. The summed E-state index contributed by atoms with van der Waals surface area (Å²) >= 11 is 0. The first-order valence-electron chi connectivity index (χ1n) is 3.43. The topological polar surface area (TPSA) is 57.2 Å². The first-order chi connectivity index (χ1) is 5.61. The Balaban J connectivity index is 3.04. The minimum Gasteiger partial charge on any atom is -0.541 e. The van der Waals surface area contributed by atoms with Crippen LogP contribution in [0.2, 0.25) is 0 Å². The summed E-state index contributed by atoms with van der Waals surface area (Å²) in [5.41, 5.74) is 1.01. The van der Waals surface area contributed by atoms with Crippen LogP contribution in [0.15, 0.2) is 24.3 Å². The molecule has 0 aliphatic heterocycles. The van der Waals surface area contributed by atoms with Gasteiger partial charge in [0.05, 0.1) is 0 Å². The van der Waals surface area contributed by atoms with Gasteiger partial charge in [-0.05, 0) is 13.0 Å². The minimum absolute atomic E-state index is 0.162. The van der Waals surface area contributed by atoms with E-state index >= 15 is 0 Å². The average Bonchev–Trinajstić information content (AvgIpc) is 2.03. The smallest absolute Gasteiger partial charge is 0.208 e. The van der Waals surface area contributed by atoms with Crippen molar-refractivity contribution in [2.45, 2.75) is 6.92 Å². The molecule has 0 aromatic heterocycles. The van der Waals surface area contributed by atoms with E-state index in [-0.39, 0.29) is 5.56 Å². The molecule has 12 heavy (non-hydrogen) atoms. The Bertz CT molecular complexity index is 328. The van der Waals surface area contributed by atoms with Crippen molar-refractivity contribution in [3.63, 3.8) is 0 Å². The monoisotopic (exact) mass is 163 g/mol. The lowest BCUT2D eigenvalue weighted by molar-refractivity contribution is -0.296. The number of hydrogen-bond acceptors (Lipinski definition) is 3. The second-order valence-electron chi connectivity index (χ2n) is 2.49. The highest BCUT2D eigenvalue weighted by Gasteiger charge is 2.05. The Morgan fingerprint density at radius 3 is 2.50 bits per heavy atom. The molecule has 0 saturated heterocycles. The van der Waals surface area contributed by atoms with Crippen LogP contribution < -0.4 is 5.11 Å². The van der Waals surface area contributed by atoms with E-state index in [2.05, 4.69) is 0 Å². The van der Waals surface area contributed by atoms with Gasteiger partial charge in [-0.3, -0.25) is 4.79 Å². The molecular formula is C9H7O3-. The number of Topliss-reactive ketones (excluding diaryl/α,β-unsaturated/α-hetero) is 1. The number of aliphatic carboxylic acids is 1. The van der Waals surface area contributed by atoms with Gasteiger partial charge >= 0.3 is 0 Å². The fourth-order valence-electron chi connectivity index (χ4n) is 0.904. The number of hydrogen-bond donors (Lipinski definition) is 0. The number of carbonyl (C=O) groups excluding carboxylic acids is 2. The Hall–Kier alpha value is -1.64. The zero-order valence-corrected chi connectivity index (χ0v) is 6.53. The summed E-state index contributed by atoms with van der Waals surface area (Å²) in [7, 11) is 0. The molecule has 0 amide bonds. The third kappa shape index (κ3) is 1.69. The molecule has 0 saturated carbocycles. The quantitative estimate of drug-likeness (QED) is 0.453. The van der Waals surface area contributed by atoms with Gasteiger partial charge in [0.2, 0.25) is 5.78 Å². The van der Waals surface area contributed by atoms with Crippen molar-refractivity contribution in [1.29, 1.82) is 0 Å². The standard InChI is InChI=1S/C9H8O3/c1-6-3-2-4-7(5-6)8(10)9(11)12/h2-5H,1H3,(H,11,12)/p-1. The van der Waals surface area contributed by atoms with Crippen LogP contribution in [0.4, 0.5) is 0 Å². The van der Waals surface area contributed by atoms with Crippen molar-refractivity contribution in [3.8, 4) is 0 Å². The van der Waals surface area contributed by atoms with Crippen LogP contribution >= 0.6 is 0 Å². The molecule has 0 aliphatic carbocycles. The van der Waals surface area contributed by atoms with Crippen LogP contribution in [-0.4, -0.2) is 11.8 Å². The SMILES string of the molecule is Cc1cccc(C(=O)C(=O)[O-])c1. The van der Waals surface area contributed by atoms with Crippen LogP contribution in [0.1, 0.15) is 15.9 Å². The highest BCUT2D eigenvalue weighted by Crippen LogP contribution is 2.03. The van der Waals surface area contributed by atoms with E-state index in [1.165, 1.54) is 12.1 Å². The lowest BCUT2D eigenvalue weighted by Gasteiger charge is -2.01. The first kappa shape index (κ1) is 8.46. The zero-order chi connectivity index (χ0) is 9.14. The lowest BCUT2D eigenvalue weighted by Crippen LogP contribution is -2.31. The van der Waals surface area contributed by atoms with Gasteiger partial charge in [0, 0.05) is 5.56 Å². The maximum Gasteiger partial charge on any atom is 0.208 e. The Labute approximate surface area is 69.6 Å². The maximum absolute atomic E-state index is 10.8. The number of ketones is 1. The summed E-state index contributed by atoms with van der Waals surface area (Å²) in [6.07, 6.45) is 0. The highest BCUT2D eigenvalue weighted by molar-refractivity contribution is 6.38. The normalized spacial score (nSPS) is 9.42. The van der Waals surface area contributed by atoms with Gasteiger partial charge < -0.3 is 9.90 Å². The third-order valence-electron chi connectivity index (χ3n) is 1.47. The number of carbonyl (C=O) groups is 2. The van der Waals surface area contributed by atoms with E-state index in [4.69, 9.17) is 0 Å². The van der Waals surface area contributed by atoms with Crippen molar-refractivity contribution in [2.75, 3.05) is 0 Å². The van der Waals surface area contributed by atoms with Crippen LogP contribution in [0.3, 0.4) is 0 Å². The molecule has 0 unspecified atom stereocenters. The predicted molar refractivity (Wildman–Crippen MR) is 40.5 cm³/mol. The second kappa shape index (κ2) is 3.17. The molecule has 62 valence electrons. The fraction of sp³-hybridized carbons (Fsp3) is 0.111. The molecule has 0 fully saturated rings. The molecule has 0 spiro atoms. The summed E-state index contributed by atoms with van der Waals surface area (Å²) in [5, 5.41) is 10.2.